The second-order valence-electron chi connectivity index (χ2n) is 7.97. The van der Waals surface area contributed by atoms with Crippen LogP contribution in [-0.2, 0) is 16.1 Å². The number of carbonyl (C=O) groups excluding carboxylic acids is 2. The van der Waals surface area contributed by atoms with Gasteiger partial charge >= 0.3 is 0 Å². The molecule has 5 rings (SSSR count). The number of furan rings is 1. The van der Waals surface area contributed by atoms with Gasteiger partial charge in [-0.2, -0.15) is 0 Å². The number of rotatable bonds is 7. The number of aromatic nitrogens is 2. The Kier molecular flexibility index (Phi) is 5.72. The van der Waals surface area contributed by atoms with Crippen LogP contribution >= 0.6 is 0 Å². The Bertz CT molecular complexity index is 1140. The van der Waals surface area contributed by atoms with Crippen LogP contribution in [0.25, 0.3) is 11.7 Å². The minimum Gasteiger partial charge on any atom is -0.486 e. The zero-order chi connectivity index (χ0) is 22.8. The lowest BCUT2D eigenvalue weighted by atomic mass is 10.1. The van der Waals surface area contributed by atoms with Crippen LogP contribution in [0.15, 0.2) is 45.4 Å². The molecule has 0 unspecified atom stereocenters. The summed E-state index contributed by atoms with van der Waals surface area (Å²) in [6.45, 7) is 3.96. The monoisotopic (exact) mass is 452 g/mol. The van der Waals surface area contributed by atoms with E-state index in [1.807, 2.05) is 13.0 Å². The first-order chi connectivity index (χ1) is 16.1. The SMILES string of the molecule is CCCN(Cc1nnc(-c2ccco2)o1)C(=O)[C@@H]1CC(=O)N(c2ccc3c(c2)OCCO3)C1. The Labute approximate surface area is 190 Å². The molecular weight excluding hydrogens is 428 g/mol. The summed E-state index contributed by atoms with van der Waals surface area (Å²) in [4.78, 5) is 29.4. The smallest absolute Gasteiger partial charge is 0.283 e. The summed E-state index contributed by atoms with van der Waals surface area (Å²) in [6, 6.07) is 8.86. The van der Waals surface area contributed by atoms with Gasteiger partial charge in [-0.15, -0.1) is 10.2 Å². The van der Waals surface area contributed by atoms with Gasteiger partial charge < -0.3 is 28.1 Å². The average molecular weight is 452 g/mol. The van der Waals surface area contributed by atoms with E-state index >= 15 is 0 Å². The van der Waals surface area contributed by atoms with Gasteiger partial charge in [0.2, 0.25) is 17.7 Å². The molecule has 1 fully saturated rings. The van der Waals surface area contributed by atoms with Gasteiger partial charge in [-0.25, -0.2) is 0 Å². The summed E-state index contributed by atoms with van der Waals surface area (Å²) in [5, 5.41) is 8.04. The first kappa shape index (κ1) is 21.0. The molecule has 2 aromatic heterocycles. The van der Waals surface area contributed by atoms with Crippen molar-refractivity contribution in [2.45, 2.75) is 26.3 Å². The third-order valence-corrected chi connectivity index (χ3v) is 5.64. The molecule has 2 aliphatic rings. The molecule has 0 bridgehead atoms. The summed E-state index contributed by atoms with van der Waals surface area (Å²) in [5.41, 5.74) is 0.696. The van der Waals surface area contributed by atoms with Gasteiger partial charge in [0.15, 0.2) is 17.3 Å². The van der Waals surface area contributed by atoms with Crippen LogP contribution in [0.1, 0.15) is 25.7 Å². The maximum atomic E-state index is 13.3. The Morgan fingerprint density at radius 2 is 2.03 bits per heavy atom. The second kappa shape index (κ2) is 8.97. The van der Waals surface area contributed by atoms with E-state index in [0.29, 0.717) is 55.1 Å². The van der Waals surface area contributed by atoms with Crippen molar-refractivity contribution in [3.63, 3.8) is 0 Å². The lowest BCUT2D eigenvalue weighted by Crippen LogP contribution is -2.37. The lowest BCUT2D eigenvalue weighted by molar-refractivity contribution is -0.136. The molecule has 2 amide bonds. The lowest BCUT2D eigenvalue weighted by Gasteiger charge is -2.24. The van der Waals surface area contributed by atoms with Crippen molar-refractivity contribution < 1.29 is 27.9 Å². The zero-order valence-corrected chi connectivity index (χ0v) is 18.2. The average Bonchev–Trinajstić information content (AvgIpc) is 3.59. The summed E-state index contributed by atoms with van der Waals surface area (Å²) in [5.74, 6) is 1.66. The zero-order valence-electron chi connectivity index (χ0n) is 18.2. The minimum atomic E-state index is -0.454. The van der Waals surface area contributed by atoms with Crippen LogP contribution in [-0.4, -0.2) is 53.2 Å². The minimum absolute atomic E-state index is 0.0978. The summed E-state index contributed by atoms with van der Waals surface area (Å²) < 4.78 is 22.1. The number of fused-ring (bicyclic) bond motifs is 1. The Balaban J connectivity index is 1.28. The molecule has 10 heteroatoms. The van der Waals surface area contributed by atoms with E-state index in [1.54, 1.807) is 34.1 Å². The van der Waals surface area contributed by atoms with Crippen molar-refractivity contribution in [3.05, 3.63) is 42.5 Å². The van der Waals surface area contributed by atoms with Crippen LogP contribution < -0.4 is 14.4 Å². The van der Waals surface area contributed by atoms with Gasteiger partial charge in [-0.3, -0.25) is 9.59 Å². The maximum absolute atomic E-state index is 13.3. The standard InChI is InChI=1S/C23H24N4O6/c1-2-7-26(14-20-24-25-22(33-20)18-4-3-8-30-18)23(29)15-11-21(28)27(13-15)16-5-6-17-19(12-16)32-10-9-31-17/h3-6,8,12,15H,2,7,9-11,13-14H2,1H3/t15-/m1/s1. The van der Waals surface area contributed by atoms with Crippen LogP contribution in [0.5, 0.6) is 11.5 Å². The largest absolute Gasteiger partial charge is 0.486 e. The molecule has 0 aliphatic carbocycles. The fraction of sp³-hybridized carbons (Fsp3) is 0.391. The highest BCUT2D eigenvalue weighted by molar-refractivity contribution is 6.00. The fourth-order valence-corrected chi connectivity index (χ4v) is 4.10. The van der Waals surface area contributed by atoms with E-state index in [0.717, 1.165) is 6.42 Å². The molecule has 0 N–H and O–H groups in total. The molecule has 2 aliphatic heterocycles. The molecule has 1 aromatic carbocycles. The highest BCUT2D eigenvalue weighted by Crippen LogP contribution is 2.36. The molecular formula is C23H24N4O6. The number of hydrogen-bond acceptors (Lipinski definition) is 8. The summed E-state index contributed by atoms with van der Waals surface area (Å²) >= 11 is 0. The molecule has 0 saturated carbocycles. The Morgan fingerprint density at radius 3 is 2.82 bits per heavy atom. The van der Waals surface area contributed by atoms with E-state index in [4.69, 9.17) is 18.3 Å². The van der Waals surface area contributed by atoms with Gasteiger partial charge in [0, 0.05) is 31.3 Å². The molecule has 0 spiro atoms. The molecule has 33 heavy (non-hydrogen) atoms. The van der Waals surface area contributed by atoms with Gasteiger partial charge in [0.05, 0.1) is 18.7 Å². The first-order valence-corrected chi connectivity index (χ1v) is 11.0. The molecule has 1 atom stereocenters. The van der Waals surface area contributed by atoms with Crippen molar-refractivity contribution in [3.8, 4) is 23.1 Å². The van der Waals surface area contributed by atoms with E-state index in [1.165, 1.54) is 6.26 Å². The molecule has 1 saturated heterocycles. The molecule has 10 nitrogen and oxygen atoms in total. The van der Waals surface area contributed by atoms with Crippen molar-refractivity contribution >= 4 is 17.5 Å². The third-order valence-electron chi connectivity index (χ3n) is 5.64. The first-order valence-electron chi connectivity index (χ1n) is 11.0. The van der Waals surface area contributed by atoms with Crippen LogP contribution in [0.4, 0.5) is 5.69 Å². The predicted octanol–water partition coefficient (Wildman–Crippen LogP) is 2.89. The molecule has 0 radical (unpaired) electrons. The topological polar surface area (TPSA) is 111 Å². The molecule has 4 heterocycles. The molecule has 3 aromatic rings. The second-order valence-corrected chi connectivity index (χ2v) is 7.97. The number of nitrogens with zero attached hydrogens (tertiary/aromatic N) is 4. The number of carbonyl (C=O) groups is 2. The van der Waals surface area contributed by atoms with Crippen molar-refractivity contribution in [1.29, 1.82) is 0 Å². The van der Waals surface area contributed by atoms with Crippen LogP contribution in [0, 0.1) is 5.92 Å². The fourth-order valence-electron chi connectivity index (χ4n) is 4.10. The third kappa shape index (κ3) is 4.28. The summed E-state index contributed by atoms with van der Waals surface area (Å²) in [7, 11) is 0. The molecule has 172 valence electrons. The van der Waals surface area contributed by atoms with Gasteiger partial charge in [-0.1, -0.05) is 6.92 Å². The van der Waals surface area contributed by atoms with Gasteiger partial charge in [0.1, 0.15) is 13.2 Å². The van der Waals surface area contributed by atoms with E-state index in [-0.39, 0.29) is 30.7 Å². The quantitative estimate of drug-likeness (QED) is 0.538. The van der Waals surface area contributed by atoms with Crippen LogP contribution in [0.3, 0.4) is 0 Å². The number of ether oxygens (including phenoxy) is 2. The van der Waals surface area contributed by atoms with Crippen molar-refractivity contribution in [1.82, 2.24) is 15.1 Å². The maximum Gasteiger partial charge on any atom is 0.283 e. The van der Waals surface area contributed by atoms with Crippen molar-refractivity contribution in [2.24, 2.45) is 5.92 Å². The van der Waals surface area contributed by atoms with Gasteiger partial charge in [-0.05, 0) is 30.7 Å². The number of anilines is 1. The van der Waals surface area contributed by atoms with Crippen LogP contribution in [0.2, 0.25) is 0 Å². The predicted molar refractivity (Wildman–Crippen MR) is 116 cm³/mol. The number of hydrogen-bond donors (Lipinski definition) is 0. The normalized spacial score (nSPS) is 17.4. The van der Waals surface area contributed by atoms with E-state index < -0.39 is 5.92 Å². The van der Waals surface area contributed by atoms with Gasteiger partial charge in [0.25, 0.3) is 5.89 Å². The Hall–Kier alpha value is -3.82. The Morgan fingerprint density at radius 1 is 1.18 bits per heavy atom. The highest BCUT2D eigenvalue weighted by atomic mass is 16.6. The van der Waals surface area contributed by atoms with Crippen molar-refractivity contribution in [2.75, 3.05) is 31.2 Å². The number of amides is 2. The number of benzene rings is 1. The van der Waals surface area contributed by atoms with E-state index in [2.05, 4.69) is 10.2 Å². The summed E-state index contributed by atoms with van der Waals surface area (Å²) in [6.07, 6.45) is 2.43. The van der Waals surface area contributed by atoms with E-state index in [9.17, 15) is 9.59 Å². The highest BCUT2D eigenvalue weighted by Gasteiger charge is 2.38.